The maximum atomic E-state index is 14.2. The predicted octanol–water partition coefficient (Wildman–Crippen LogP) is 16.0. The maximum absolute atomic E-state index is 14.2. The van der Waals surface area contributed by atoms with E-state index in [0.29, 0.717) is 64.4 Å². The van der Waals surface area contributed by atoms with Crippen molar-refractivity contribution in [2.45, 2.75) is 130 Å². The van der Waals surface area contributed by atoms with Gasteiger partial charge in [0.2, 0.25) is 40.1 Å². The highest BCUT2D eigenvalue weighted by atomic mass is 35.5. The van der Waals surface area contributed by atoms with Gasteiger partial charge in [-0.05, 0) is 202 Å². The minimum Gasteiger partial charge on any atom is -0.497 e. The van der Waals surface area contributed by atoms with Crippen LogP contribution in [0.4, 0.5) is 17.6 Å². The van der Waals surface area contributed by atoms with Gasteiger partial charge in [0.15, 0.2) is 0 Å². The normalized spacial score (nSPS) is 19.7. The lowest BCUT2D eigenvalue weighted by Gasteiger charge is -2.21. The number of hydrogen-bond acceptors (Lipinski definition) is 17. The molecular weight excluding hydrogens is 1740 g/mol. The molecule has 0 amide bonds. The number of alkyl halides is 2. The van der Waals surface area contributed by atoms with Gasteiger partial charge in [0, 0.05) is 157 Å². The van der Waals surface area contributed by atoms with Gasteiger partial charge < -0.3 is 4.74 Å². The van der Waals surface area contributed by atoms with Crippen molar-refractivity contribution in [1.82, 2.24) is 97.1 Å². The van der Waals surface area contributed by atoms with Gasteiger partial charge >= 0.3 is 0 Å². The van der Waals surface area contributed by atoms with Crippen LogP contribution in [-0.2, 0) is 66.3 Å². The van der Waals surface area contributed by atoms with Gasteiger partial charge in [-0.25, -0.2) is 51.2 Å². The Morgan fingerprint density at radius 1 is 0.383 bits per heavy atom. The molecule has 664 valence electrons. The number of methoxy groups -OCH3 is 1. The lowest BCUT2D eigenvalue weighted by atomic mass is 10.1. The van der Waals surface area contributed by atoms with Crippen LogP contribution in [0.25, 0.3) is 88.1 Å². The summed E-state index contributed by atoms with van der Waals surface area (Å²) in [4.78, 5) is -0.286. The topological polar surface area (TPSA) is 345 Å². The van der Waals surface area contributed by atoms with E-state index in [4.69, 9.17) is 16.3 Å². The maximum Gasteiger partial charge on any atom is 0.263 e. The molecule has 4 aliphatic heterocycles. The first kappa shape index (κ1) is 88.0. The highest BCUT2D eigenvalue weighted by Gasteiger charge is 2.43. The molecule has 4 unspecified atom stereocenters. The molecule has 0 bridgehead atoms. The van der Waals surface area contributed by atoms with Crippen LogP contribution in [0.1, 0.15) is 65.4 Å². The summed E-state index contributed by atoms with van der Waals surface area (Å²) in [6.07, 6.45) is 21.9. The number of fused-ring (bicyclic) bond motifs is 4. The summed E-state index contributed by atoms with van der Waals surface area (Å²) in [7, 11) is -13.7. The molecule has 8 atom stereocenters. The molecule has 12 heterocycles. The van der Waals surface area contributed by atoms with Gasteiger partial charge in [-0.1, -0.05) is 66.2 Å². The predicted molar refractivity (Wildman–Crippen MR) is 477 cm³/mol. The van der Waals surface area contributed by atoms with Gasteiger partial charge in [-0.15, -0.1) is 0 Å². The fourth-order valence-electron chi connectivity index (χ4n) is 18.0. The molecule has 16 aromatic rings. The summed E-state index contributed by atoms with van der Waals surface area (Å²) < 4.78 is 178. The molecule has 4 fully saturated rings. The molecule has 8 aromatic heterocycles. The number of H-pyrrole nitrogens is 4. The fraction of sp³-hybridized carbons (Fsp3) is 0.289. The Morgan fingerprint density at radius 2 is 0.727 bits per heavy atom. The quantitative estimate of drug-likeness (QED) is 0.0458. The number of sulfonamides is 4. The van der Waals surface area contributed by atoms with Gasteiger partial charge in [0.25, 0.3) is 6.43 Å². The third-order valence-corrected chi connectivity index (χ3v) is 32.7. The Kier molecular flexibility index (Phi) is 25.1. The summed E-state index contributed by atoms with van der Waals surface area (Å²) in [5.41, 5.74) is 11.9. The van der Waals surface area contributed by atoms with Crippen LogP contribution in [0.5, 0.6) is 5.75 Å². The van der Waals surface area contributed by atoms with Crippen molar-refractivity contribution in [2.24, 2.45) is 23.7 Å². The first-order valence-corrected chi connectivity index (χ1v) is 47.8. The fourth-order valence-corrected chi connectivity index (χ4v) is 25.5. The third-order valence-electron chi connectivity index (χ3n) is 24.3. The molecule has 0 spiro atoms. The zero-order valence-corrected chi connectivity index (χ0v) is 74.1. The highest BCUT2D eigenvalue weighted by molar-refractivity contribution is 7.90. The molecule has 0 aliphatic carbocycles. The van der Waals surface area contributed by atoms with Crippen molar-refractivity contribution < 1.29 is 56.0 Å². The van der Waals surface area contributed by atoms with Crippen LogP contribution in [0, 0.1) is 35.3 Å². The molecule has 29 nitrogen and oxygen atoms in total. The van der Waals surface area contributed by atoms with Crippen molar-refractivity contribution in [3.8, 4) is 50.3 Å². The van der Waals surface area contributed by atoms with E-state index in [-0.39, 0.29) is 79.7 Å². The number of aromatic amines is 4. The molecule has 8 aromatic carbocycles. The molecule has 20 rings (SSSR count). The minimum atomic E-state index is -4.15. The summed E-state index contributed by atoms with van der Waals surface area (Å²) in [6.45, 7) is 11.4. The number of hydrogen-bond donors (Lipinski definition) is 4. The monoisotopic (exact) mass is 1830 g/mol. The van der Waals surface area contributed by atoms with Crippen LogP contribution >= 0.6 is 11.6 Å². The van der Waals surface area contributed by atoms with Crippen molar-refractivity contribution >= 4 is 95.3 Å². The van der Waals surface area contributed by atoms with E-state index in [0.717, 1.165) is 125 Å². The zero-order chi connectivity index (χ0) is 89.5. The zero-order valence-electron chi connectivity index (χ0n) is 70.1. The Hall–Kier alpha value is -12.1. The van der Waals surface area contributed by atoms with E-state index < -0.39 is 63.0 Å². The average molecular weight is 1840 g/mol. The molecule has 38 heteroatoms. The minimum absolute atomic E-state index is 0.00644. The summed E-state index contributed by atoms with van der Waals surface area (Å²) >= 11 is 6.18. The van der Waals surface area contributed by atoms with Gasteiger partial charge in [-0.2, -0.15) is 58.0 Å². The van der Waals surface area contributed by atoms with E-state index in [1.54, 1.807) is 95.0 Å². The number of nitrogens with zero attached hydrogens (tertiary/aromatic N) is 16. The Bertz CT molecular complexity index is 7150. The van der Waals surface area contributed by atoms with E-state index in [9.17, 15) is 51.2 Å². The second-order valence-corrected chi connectivity index (χ2v) is 40.9. The number of ether oxygens (including phenoxy) is 1. The van der Waals surface area contributed by atoms with Crippen molar-refractivity contribution in [3.05, 3.63) is 260 Å². The van der Waals surface area contributed by atoms with Crippen molar-refractivity contribution in [3.63, 3.8) is 0 Å². The molecule has 4 aliphatic rings. The standard InChI is InChI=1S/C23H23F2N5O2S.C23H25N5O3S.C22H22ClN5O2S.C22H21F2N5O2S/c1-15-7-16(14-30(15)33(31,32)21-4-2-3-18(9-21)23(24)25)13-29-22-6-5-17(8-19(22)12-28-29)20-10-26-27-11-20;1-16-8-17(15-28(16)32(29,30)22-5-3-4-21(10-22)31-2)14-27-23-7-6-18(9-19(23)13-26-27)20-11-24-25-12-20;1-15-8-16(14-28(15)31(29,30)22-5-3-2-4-20(22)23)13-27-21-7-6-17(9-18(21)12-26-27)19-10-24-25-11-19;1-14-6-15(13-29(14)32(30,31)22-8-19(23)3-4-20(22)24)12-28-21-5-2-16(7-17(21)11-27-28)18-9-25-26-10-18/h2-6,8-12,15-16,23H,7,13-14H2,1H3,(H,26,27);3-7,9-13,16-17H,8,14-15H2,1-2H3,(H,24,25);2-7,9-12,15-16H,8,13-14H2,1H3,(H,24,25);2-5,7-11,14-15H,6,12-13H2,1H3,(H,25,26)/t15-,16?;16-,17?;15-,16?;14-,15?/m1110/s1. The van der Waals surface area contributed by atoms with Crippen LogP contribution < -0.4 is 4.74 Å². The molecule has 0 radical (unpaired) electrons. The number of aromatic nitrogens is 16. The molecule has 4 saturated heterocycles. The Morgan fingerprint density at radius 3 is 1.07 bits per heavy atom. The number of nitrogens with one attached hydrogen (secondary N) is 4. The Balaban J connectivity index is 0.000000120. The lowest BCUT2D eigenvalue weighted by Crippen LogP contribution is -2.34. The Labute approximate surface area is 740 Å². The van der Waals surface area contributed by atoms with Gasteiger partial charge in [0.1, 0.15) is 27.2 Å². The molecule has 128 heavy (non-hydrogen) atoms. The smallest absolute Gasteiger partial charge is 0.263 e. The van der Waals surface area contributed by atoms with Crippen LogP contribution in [0.2, 0.25) is 5.02 Å². The second-order valence-electron chi connectivity index (χ2n) is 33.0. The second kappa shape index (κ2) is 36.6. The van der Waals surface area contributed by atoms with E-state index in [1.165, 1.54) is 33.9 Å². The first-order chi connectivity index (χ1) is 61.5. The summed E-state index contributed by atoms with van der Waals surface area (Å²) in [6, 6.07) is 44.6. The summed E-state index contributed by atoms with van der Waals surface area (Å²) in [5.74, 6) is -0.796. The lowest BCUT2D eigenvalue weighted by molar-refractivity contribution is 0.151. The number of halogens is 5. The first-order valence-electron chi connectivity index (χ1n) is 41.6. The SMILES string of the molecule is COc1cccc(S(=O)(=O)N2CC(Cn3ncc4cc(-c5cn[nH]c5)ccc43)C[C@H]2C)c1.C[C@@H]1CC(Cn2ncc3cc(-c4cn[nH]c4)ccc32)CN1S(=O)(=O)c1cccc(C(F)F)c1.C[C@@H]1CC(Cn2ncc3cc(-c4cn[nH]c4)ccc32)CN1S(=O)(=O)c1ccccc1Cl.C[C@H]1CC(Cn2ncc3cc(-c4cn[nH]c4)ccc32)CN1S(=O)(=O)c1cc(F)ccc1F. The summed E-state index contributed by atoms with van der Waals surface area (Å²) in [5, 5.41) is 49.7. The van der Waals surface area contributed by atoms with Gasteiger partial charge in [-0.3, -0.25) is 39.1 Å². The number of benzene rings is 8. The van der Waals surface area contributed by atoms with Crippen LogP contribution in [0.15, 0.2) is 258 Å². The third kappa shape index (κ3) is 18.3. The van der Waals surface area contributed by atoms with E-state index in [2.05, 4.69) is 97.6 Å². The average Bonchev–Trinajstić information content (AvgIpc) is 1.58. The number of rotatable bonds is 22. The van der Waals surface area contributed by atoms with Crippen LogP contribution in [0.3, 0.4) is 0 Å². The molecular formula is C90H91ClF4N20O9S4. The van der Waals surface area contributed by atoms with E-state index in [1.807, 2.05) is 119 Å². The van der Waals surface area contributed by atoms with Crippen LogP contribution in [-0.4, -0.2) is 188 Å². The van der Waals surface area contributed by atoms with E-state index >= 15 is 0 Å². The van der Waals surface area contributed by atoms with Crippen molar-refractivity contribution in [1.29, 1.82) is 0 Å². The molecule has 0 saturated carbocycles. The van der Waals surface area contributed by atoms with Crippen molar-refractivity contribution in [2.75, 3.05) is 33.3 Å². The molecule has 4 N–H and O–H groups in total. The largest absolute Gasteiger partial charge is 0.497 e. The van der Waals surface area contributed by atoms with Gasteiger partial charge in [0.05, 0.1) is 93.6 Å². The highest BCUT2D eigenvalue weighted by Crippen LogP contribution is 2.40.